The van der Waals surface area contributed by atoms with Crippen molar-refractivity contribution in [2.45, 2.75) is 20.3 Å². The molecule has 1 fully saturated rings. The van der Waals surface area contributed by atoms with Crippen molar-refractivity contribution in [3.05, 3.63) is 46.9 Å². The Bertz CT molecular complexity index is 1000. The number of aromatic amines is 1. The molecule has 1 N–H and O–H groups in total. The van der Waals surface area contributed by atoms with Crippen molar-refractivity contribution in [2.24, 2.45) is 11.8 Å². The van der Waals surface area contributed by atoms with Gasteiger partial charge in [-0.05, 0) is 47.6 Å². The zero-order valence-corrected chi connectivity index (χ0v) is 15.9. The van der Waals surface area contributed by atoms with Crippen LogP contribution in [0.2, 0.25) is 0 Å². The van der Waals surface area contributed by atoms with Gasteiger partial charge in [0.2, 0.25) is 5.95 Å². The molecule has 140 valence electrons. The van der Waals surface area contributed by atoms with E-state index in [-0.39, 0.29) is 5.56 Å². The number of rotatable bonds is 3. The van der Waals surface area contributed by atoms with E-state index in [2.05, 4.69) is 33.7 Å². The highest BCUT2D eigenvalue weighted by Crippen LogP contribution is 2.28. The highest BCUT2D eigenvalue weighted by Gasteiger charge is 2.24. The van der Waals surface area contributed by atoms with Crippen molar-refractivity contribution < 1.29 is 4.74 Å². The van der Waals surface area contributed by atoms with Gasteiger partial charge in [-0.25, -0.2) is 4.98 Å². The van der Waals surface area contributed by atoms with Crippen LogP contribution in [0.25, 0.3) is 22.2 Å². The number of methoxy groups -OCH3 is 1. The quantitative estimate of drug-likeness (QED) is 0.770. The second-order valence-electron chi connectivity index (χ2n) is 7.53. The Labute approximate surface area is 158 Å². The fourth-order valence-electron chi connectivity index (χ4n) is 4.05. The molecular weight excluding hydrogens is 340 g/mol. The molecule has 0 saturated carbocycles. The number of ether oxygens (including phenoxy) is 1. The number of anilines is 1. The molecule has 1 aliphatic rings. The Morgan fingerprint density at radius 1 is 1.11 bits per heavy atom. The average molecular weight is 364 g/mol. The van der Waals surface area contributed by atoms with Gasteiger partial charge in [-0.15, -0.1) is 0 Å². The summed E-state index contributed by atoms with van der Waals surface area (Å²) in [5.74, 6) is 2.55. The molecule has 3 aromatic rings. The zero-order chi connectivity index (χ0) is 19.0. The highest BCUT2D eigenvalue weighted by atomic mass is 16.5. The van der Waals surface area contributed by atoms with Crippen LogP contribution in [0.5, 0.6) is 5.75 Å². The van der Waals surface area contributed by atoms with E-state index in [0.717, 1.165) is 30.0 Å². The first-order valence-electron chi connectivity index (χ1n) is 9.33. The van der Waals surface area contributed by atoms with Crippen LogP contribution in [-0.4, -0.2) is 35.2 Å². The Hall–Kier alpha value is -2.89. The van der Waals surface area contributed by atoms with E-state index in [9.17, 15) is 4.79 Å². The van der Waals surface area contributed by atoms with Crippen molar-refractivity contribution in [3.63, 3.8) is 0 Å². The van der Waals surface area contributed by atoms with Crippen LogP contribution < -0.4 is 15.2 Å². The third kappa shape index (κ3) is 3.39. The number of pyridine rings is 1. The number of benzene rings is 1. The first kappa shape index (κ1) is 17.5. The van der Waals surface area contributed by atoms with E-state index in [1.807, 2.05) is 30.3 Å². The SMILES string of the molecule is COc1ccc(-c2ccnc3nc(N4CC(C)CC(C)C4)[nH]c(=O)c23)cc1. The molecule has 2 aromatic heterocycles. The number of hydrogen-bond acceptors (Lipinski definition) is 5. The number of H-pyrrole nitrogens is 1. The minimum absolute atomic E-state index is 0.153. The molecule has 2 atom stereocenters. The first-order chi connectivity index (χ1) is 13.0. The molecule has 2 unspecified atom stereocenters. The molecule has 0 spiro atoms. The molecule has 0 radical (unpaired) electrons. The number of piperidine rings is 1. The van der Waals surface area contributed by atoms with Crippen molar-refractivity contribution in [1.82, 2.24) is 15.0 Å². The normalized spacial score (nSPS) is 20.0. The molecule has 1 saturated heterocycles. The van der Waals surface area contributed by atoms with E-state index < -0.39 is 0 Å². The van der Waals surface area contributed by atoms with E-state index in [4.69, 9.17) is 4.74 Å². The molecule has 1 aromatic carbocycles. The summed E-state index contributed by atoms with van der Waals surface area (Å²) in [6.07, 6.45) is 2.91. The van der Waals surface area contributed by atoms with E-state index in [1.165, 1.54) is 6.42 Å². The maximum absolute atomic E-state index is 12.9. The zero-order valence-electron chi connectivity index (χ0n) is 15.9. The Morgan fingerprint density at radius 3 is 2.48 bits per heavy atom. The minimum atomic E-state index is -0.153. The summed E-state index contributed by atoms with van der Waals surface area (Å²) in [5.41, 5.74) is 2.08. The van der Waals surface area contributed by atoms with Crippen LogP contribution in [0, 0.1) is 11.8 Å². The van der Waals surface area contributed by atoms with Crippen molar-refractivity contribution >= 4 is 17.0 Å². The maximum atomic E-state index is 12.9. The van der Waals surface area contributed by atoms with Gasteiger partial charge in [0.15, 0.2) is 5.65 Å². The predicted molar refractivity (Wildman–Crippen MR) is 107 cm³/mol. The van der Waals surface area contributed by atoms with Crippen LogP contribution in [0.3, 0.4) is 0 Å². The van der Waals surface area contributed by atoms with Crippen molar-refractivity contribution in [3.8, 4) is 16.9 Å². The van der Waals surface area contributed by atoms with Gasteiger partial charge >= 0.3 is 0 Å². The topological polar surface area (TPSA) is 71.1 Å². The monoisotopic (exact) mass is 364 g/mol. The van der Waals surface area contributed by atoms with Crippen LogP contribution in [0.15, 0.2) is 41.3 Å². The van der Waals surface area contributed by atoms with Gasteiger partial charge in [0, 0.05) is 19.3 Å². The summed E-state index contributed by atoms with van der Waals surface area (Å²) < 4.78 is 5.22. The standard InChI is InChI=1S/C21H24N4O2/c1-13-10-14(2)12-25(11-13)21-23-19-18(20(26)24-21)17(8-9-22-19)15-4-6-16(27-3)7-5-15/h4-9,13-14H,10-12H2,1-3H3,(H,22,23,24,26). The lowest BCUT2D eigenvalue weighted by molar-refractivity contribution is 0.353. The summed E-state index contributed by atoms with van der Waals surface area (Å²) in [6.45, 7) is 6.28. The summed E-state index contributed by atoms with van der Waals surface area (Å²) in [4.78, 5) is 27.1. The lowest BCUT2D eigenvalue weighted by atomic mass is 9.92. The molecule has 0 bridgehead atoms. The lowest BCUT2D eigenvalue weighted by Crippen LogP contribution is -2.40. The average Bonchev–Trinajstić information content (AvgIpc) is 2.66. The summed E-state index contributed by atoms with van der Waals surface area (Å²) in [7, 11) is 1.63. The van der Waals surface area contributed by atoms with Crippen LogP contribution in [0.1, 0.15) is 20.3 Å². The number of fused-ring (bicyclic) bond motifs is 1. The molecule has 4 rings (SSSR count). The third-order valence-electron chi connectivity index (χ3n) is 5.16. The predicted octanol–water partition coefficient (Wildman–Crippen LogP) is 3.48. The molecule has 1 aliphatic heterocycles. The van der Waals surface area contributed by atoms with Gasteiger partial charge in [-0.3, -0.25) is 9.78 Å². The molecular formula is C21H24N4O2. The van der Waals surface area contributed by atoms with Crippen LogP contribution >= 0.6 is 0 Å². The van der Waals surface area contributed by atoms with Gasteiger partial charge in [-0.1, -0.05) is 26.0 Å². The number of hydrogen-bond donors (Lipinski definition) is 1. The fourth-order valence-corrected chi connectivity index (χ4v) is 4.05. The van der Waals surface area contributed by atoms with Crippen molar-refractivity contribution in [1.29, 1.82) is 0 Å². The highest BCUT2D eigenvalue weighted by molar-refractivity contribution is 5.92. The molecule has 6 heteroatoms. The molecule has 0 aliphatic carbocycles. The largest absolute Gasteiger partial charge is 0.497 e. The number of nitrogens with zero attached hydrogens (tertiary/aromatic N) is 3. The smallest absolute Gasteiger partial charge is 0.262 e. The summed E-state index contributed by atoms with van der Waals surface area (Å²) in [5, 5.41) is 0.518. The van der Waals surface area contributed by atoms with Gasteiger partial charge in [-0.2, -0.15) is 4.98 Å². The Kier molecular flexibility index (Phi) is 4.56. The fraction of sp³-hybridized carbons (Fsp3) is 0.381. The Morgan fingerprint density at radius 2 is 1.81 bits per heavy atom. The number of aromatic nitrogens is 3. The van der Waals surface area contributed by atoms with Crippen LogP contribution in [0.4, 0.5) is 5.95 Å². The second-order valence-corrected chi connectivity index (χ2v) is 7.53. The summed E-state index contributed by atoms with van der Waals surface area (Å²) >= 11 is 0. The van der Waals surface area contributed by atoms with E-state index in [1.54, 1.807) is 13.3 Å². The van der Waals surface area contributed by atoms with E-state index in [0.29, 0.717) is 28.8 Å². The minimum Gasteiger partial charge on any atom is -0.497 e. The van der Waals surface area contributed by atoms with Gasteiger partial charge < -0.3 is 9.64 Å². The maximum Gasteiger partial charge on any atom is 0.262 e. The first-order valence-corrected chi connectivity index (χ1v) is 9.33. The number of nitrogens with one attached hydrogen (secondary N) is 1. The molecule has 6 nitrogen and oxygen atoms in total. The van der Waals surface area contributed by atoms with Gasteiger partial charge in [0.25, 0.3) is 5.56 Å². The molecule has 0 amide bonds. The van der Waals surface area contributed by atoms with Gasteiger partial charge in [0.1, 0.15) is 5.75 Å². The molecule has 27 heavy (non-hydrogen) atoms. The Balaban J connectivity index is 1.79. The van der Waals surface area contributed by atoms with Crippen LogP contribution in [-0.2, 0) is 0 Å². The lowest BCUT2D eigenvalue weighted by Gasteiger charge is -2.35. The van der Waals surface area contributed by atoms with Crippen molar-refractivity contribution in [2.75, 3.05) is 25.1 Å². The summed E-state index contributed by atoms with van der Waals surface area (Å²) in [6, 6.07) is 9.50. The third-order valence-corrected chi connectivity index (χ3v) is 5.16. The van der Waals surface area contributed by atoms with E-state index >= 15 is 0 Å². The molecule has 3 heterocycles. The second kappa shape index (κ2) is 7.02. The van der Waals surface area contributed by atoms with Gasteiger partial charge in [0.05, 0.1) is 12.5 Å².